The fraction of sp³-hybridized carbons (Fsp3) is 0.310. The van der Waals surface area contributed by atoms with Crippen LogP contribution in [-0.4, -0.2) is 55.1 Å². The van der Waals surface area contributed by atoms with Gasteiger partial charge in [-0.3, -0.25) is 9.29 Å². The first kappa shape index (κ1) is 24.0. The van der Waals surface area contributed by atoms with Gasteiger partial charge in [-0.2, -0.15) is 0 Å². The van der Waals surface area contributed by atoms with Crippen LogP contribution in [0.4, 0.5) is 4.39 Å². The Labute approximate surface area is 210 Å². The van der Waals surface area contributed by atoms with Crippen molar-refractivity contribution in [3.8, 4) is 28.7 Å². The number of hydrogen-bond acceptors (Lipinski definition) is 6. The molecule has 1 atom stereocenters. The molecule has 0 unspecified atom stereocenters. The van der Waals surface area contributed by atoms with Gasteiger partial charge in [-0.25, -0.2) is 0 Å². The average Bonchev–Trinajstić information content (AvgIpc) is 2.86. The van der Waals surface area contributed by atoms with Crippen LogP contribution in [0, 0.1) is 5.92 Å². The first-order valence-corrected chi connectivity index (χ1v) is 12.1. The number of aromatic hydroxyl groups is 2. The van der Waals surface area contributed by atoms with Crippen LogP contribution in [0.5, 0.6) is 28.7 Å². The standard InChI is InChI=1S/C29H30FNO5/c1-18-24-14-22(32)6-10-26(24)36-29(28(18)21-5-9-27(34-2)25(33)13-21)20-3-7-23(8-4-20)35-12-11-31-16-19(15-30)17-31/h3-10,13-14,19,29,32-33H,11-12,15-17H2,1-2H3/t29-/m0/s1. The van der Waals surface area contributed by atoms with E-state index >= 15 is 0 Å². The number of ether oxygens (including phenoxy) is 3. The summed E-state index contributed by atoms with van der Waals surface area (Å²) in [6.45, 7) is 4.66. The van der Waals surface area contributed by atoms with Gasteiger partial charge in [-0.05, 0) is 66.1 Å². The number of phenols is 2. The Kier molecular flexibility index (Phi) is 6.74. The third kappa shape index (κ3) is 4.71. The van der Waals surface area contributed by atoms with Crippen LogP contribution in [-0.2, 0) is 0 Å². The predicted octanol–water partition coefficient (Wildman–Crippen LogP) is 5.45. The summed E-state index contributed by atoms with van der Waals surface area (Å²) in [6.07, 6.45) is -0.428. The van der Waals surface area contributed by atoms with Crippen LogP contribution in [0.3, 0.4) is 0 Å². The van der Waals surface area contributed by atoms with Crippen molar-refractivity contribution in [1.82, 2.24) is 4.90 Å². The van der Waals surface area contributed by atoms with Crippen LogP contribution < -0.4 is 14.2 Å². The number of methoxy groups -OCH3 is 1. The molecular formula is C29H30FNO5. The minimum absolute atomic E-state index is 0.0412. The number of nitrogens with zero attached hydrogens (tertiary/aromatic N) is 1. The van der Waals surface area contributed by atoms with Crippen molar-refractivity contribution in [3.63, 3.8) is 0 Å². The van der Waals surface area contributed by atoms with Gasteiger partial charge in [0.2, 0.25) is 0 Å². The van der Waals surface area contributed by atoms with Gasteiger partial charge >= 0.3 is 0 Å². The van der Waals surface area contributed by atoms with Crippen LogP contribution in [0.25, 0.3) is 11.1 Å². The summed E-state index contributed by atoms with van der Waals surface area (Å²) < 4.78 is 30.2. The molecule has 0 radical (unpaired) electrons. The normalized spacial score (nSPS) is 17.8. The number of fused-ring (bicyclic) bond motifs is 1. The molecule has 1 saturated heterocycles. The van der Waals surface area contributed by atoms with Crippen molar-refractivity contribution in [2.24, 2.45) is 5.92 Å². The summed E-state index contributed by atoms with van der Waals surface area (Å²) in [5.74, 6) is 2.20. The van der Waals surface area contributed by atoms with E-state index in [4.69, 9.17) is 14.2 Å². The smallest absolute Gasteiger partial charge is 0.160 e. The van der Waals surface area contributed by atoms with Crippen LogP contribution in [0.15, 0.2) is 60.7 Å². The van der Waals surface area contributed by atoms with Gasteiger partial charge in [0.1, 0.15) is 30.0 Å². The van der Waals surface area contributed by atoms with Crippen molar-refractivity contribution in [3.05, 3.63) is 77.4 Å². The molecule has 0 bridgehead atoms. The van der Waals surface area contributed by atoms with E-state index in [1.165, 1.54) is 7.11 Å². The SMILES string of the molecule is COc1ccc(C2=C(C)c3cc(O)ccc3O[C@H]2c2ccc(OCCN3CC(CF)C3)cc2)cc1O. The second-order valence-corrected chi connectivity index (χ2v) is 9.30. The summed E-state index contributed by atoms with van der Waals surface area (Å²) in [5.41, 5.74) is 4.37. The van der Waals surface area contributed by atoms with E-state index in [0.717, 1.165) is 53.2 Å². The van der Waals surface area contributed by atoms with E-state index in [-0.39, 0.29) is 24.1 Å². The molecule has 3 aromatic rings. The minimum Gasteiger partial charge on any atom is -0.508 e. The van der Waals surface area contributed by atoms with Gasteiger partial charge in [0.15, 0.2) is 11.5 Å². The molecule has 2 N–H and O–H groups in total. The molecule has 0 aromatic heterocycles. The van der Waals surface area contributed by atoms with Gasteiger partial charge in [0, 0.05) is 36.7 Å². The number of likely N-dealkylation sites (tertiary alicyclic amines) is 1. The Morgan fingerprint density at radius 1 is 1.03 bits per heavy atom. The maximum absolute atomic E-state index is 12.6. The zero-order chi connectivity index (χ0) is 25.2. The number of phenolic OH excluding ortho intramolecular Hbond substituents is 2. The van der Waals surface area contributed by atoms with E-state index in [2.05, 4.69) is 4.90 Å². The molecule has 2 aliphatic rings. The van der Waals surface area contributed by atoms with Gasteiger partial charge in [0.05, 0.1) is 13.8 Å². The van der Waals surface area contributed by atoms with Gasteiger partial charge < -0.3 is 24.4 Å². The molecule has 2 aliphatic heterocycles. The first-order chi connectivity index (χ1) is 17.5. The van der Waals surface area contributed by atoms with Gasteiger partial charge in [-0.1, -0.05) is 18.2 Å². The monoisotopic (exact) mass is 491 g/mol. The Balaban J connectivity index is 1.40. The quantitative estimate of drug-likeness (QED) is 0.437. The maximum atomic E-state index is 12.6. The molecule has 5 rings (SSSR count). The molecule has 188 valence electrons. The van der Waals surface area contributed by atoms with Gasteiger partial charge in [0.25, 0.3) is 0 Å². The van der Waals surface area contributed by atoms with E-state index in [1.54, 1.807) is 30.3 Å². The Morgan fingerprint density at radius 2 is 1.81 bits per heavy atom. The summed E-state index contributed by atoms with van der Waals surface area (Å²) in [5, 5.41) is 20.5. The lowest BCUT2D eigenvalue weighted by atomic mass is 9.86. The lowest BCUT2D eigenvalue weighted by Crippen LogP contribution is -2.49. The molecule has 36 heavy (non-hydrogen) atoms. The lowest BCUT2D eigenvalue weighted by Gasteiger charge is -2.37. The van der Waals surface area contributed by atoms with Crippen molar-refractivity contribution >= 4 is 11.1 Å². The molecular weight excluding hydrogens is 461 g/mol. The molecule has 0 amide bonds. The topological polar surface area (TPSA) is 71.4 Å². The summed E-state index contributed by atoms with van der Waals surface area (Å²) in [6, 6.07) is 18.1. The average molecular weight is 492 g/mol. The molecule has 1 fully saturated rings. The van der Waals surface area contributed by atoms with Crippen LogP contribution >= 0.6 is 0 Å². The second-order valence-electron chi connectivity index (χ2n) is 9.30. The highest BCUT2D eigenvalue weighted by molar-refractivity contribution is 5.96. The van der Waals surface area contributed by atoms with E-state index in [1.807, 2.05) is 37.3 Å². The fourth-order valence-electron chi connectivity index (χ4n) is 4.89. The molecule has 3 aromatic carbocycles. The van der Waals surface area contributed by atoms with Gasteiger partial charge in [-0.15, -0.1) is 0 Å². The lowest BCUT2D eigenvalue weighted by molar-refractivity contribution is 0.0668. The van der Waals surface area contributed by atoms with E-state index in [9.17, 15) is 14.6 Å². The van der Waals surface area contributed by atoms with Crippen LogP contribution in [0.2, 0.25) is 0 Å². The third-order valence-corrected chi connectivity index (χ3v) is 6.88. The molecule has 0 aliphatic carbocycles. The fourth-order valence-corrected chi connectivity index (χ4v) is 4.89. The highest BCUT2D eigenvalue weighted by Gasteiger charge is 2.30. The number of rotatable bonds is 8. The summed E-state index contributed by atoms with van der Waals surface area (Å²) in [7, 11) is 1.51. The second kappa shape index (κ2) is 10.1. The van der Waals surface area contributed by atoms with Crippen molar-refractivity contribution in [2.45, 2.75) is 13.0 Å². The molecule has 2 heterocycles. The summed E-state index contributed by atoms with van der Waals surface area (Å²) >= 11 is 0. The van der Waals surface area contributed by atoms with Crippen LogP contribution in [0.1, 0.15) is 29.7 Å². The first-order valence-electron chi connectivity index (χ1n) is 12.1. The number of hydrogen-bond donors (Lipinski definition) is 2. The minimum atomic E-state index is -0.428. The maximum Gasteiger partial charge on any atom is 0.160 e. The van der Waals surface area contributed by atoms with E-state index < -0.39 is 6.10 Å². The Bertz CT molecular complexity index is 1270. The third-order valence-electron chi connectivity index (χ3n) is 6.88. The summed E-state index contributed by atoms with van der Waals surface area (Å²) in [4.78, 5) is 2.19. The predicted molar refractivity (Wildman–Crippen MR) is 136 cm³/mol. The van der Waals surface area contributed by atoms with Crippen molar-refractivity contribution in [2.75, 3.05) is 40.0 Å². The van der Waals surface area contributed by atoms with Crippen molar-refractivity contribution < 1.29 is 28.8 Å². The zero-order valence-electron chi connectivity index (χ0n) is 20.4. The Hall–Kier alpha value is -3.71. The number of halogens is 1. The highest BCUT2D eigenvalue weighted by atomic mass is 19.1. The van der Waals surface area contributed by atoms with E-state index in [0.29, 0.717) is 18.1 Å². The zero-order valence-corrected chi connectivity index (χ0v) is 20.4. The molecule has 0 spiro atoms. The molecule has 0 saturated carbocycles. The molecule has 6 nitrogen and oxygen atoms in total. The highest BCUT2D eigenvalue weighted by Crippen LogP contribution is 2.48. The Morgan fingerprint density at radius 3 is 2.50 bits per heavy atom. The number of benzene rings is 3. The number of allylic oxidation sites excluding steroid dienone is 1. The van der Waals surface area contributed by atoms with Crippen molar-refractivity contribution in [1.29, 1.82) is 0 Å². The molecule has 7 heteroatoms. The number of alkyl halides is 1. The largest absolute Gasteiger partial charge is 0.508 e.